The monoisotopic (exact) mass is 455 g/mol. The third kappa shape index (κ3) is 4.45. The zero-order valence-electron chi connectivity index (χ0n) is 19.1. The summed E-state index contributed by atoms with van der Waals surface area (Å²) >= 11 is 0. The first-order chi connectivity index (χ1) is 16.6. The van der Waals surface area contributed by atoms with E-state index in [9.17, 15) is 4.79 Å². The molecule has 2 heterocycles. The van der Waals surface area contributed by atoms with Gasteiger partial charge in [-0.25, -0.2) is 4.68 Å². The topological polar surface area (TPSA) is 74.6 Å². The zero-order valence-corrected chi connectivity index (χ0v) is 19.1. The SMILES string of the molecule is COc1cccc(Cn2nc(-c3ccccc3)c(Cc3ccc4c(c3)OCO4)c2NC(C)=O)c1. The Morgan fingerprint density at radius 2 is 1.82 bits per heavy atom. The van der Waals surface area contributed by atoms with E-state index >= 15 is 0 Å². The Labute approximate surface area is 197 Å². The molecule has 1 amide bonds. The summed E-state index contributed by atoms with van der Waals surface area (Å²) in [5.41, 5.74) is 4.79. The molecule has 0 saturated carbocycles. The molecule has 3 aromatic carbocycles. The van der Waals surface area contributed by atoms with Gasteiger partial charge >= 0.3 is 0 Å². The molecule has 1 aromatic heterocycles. The second-order valence-corrected chi connectivity index (χ2v) is 8.10. The molecule has 0 fully saturated rings. The highest BCUT2D eigenvalue weighted by atomic mass is 16.7. The predicted molar refractivity (Wildman–Crippen MR) is 129 cm³/mol. The molecule has 7 nitrogen and oxygen atoms in total. The van der Waals surface area contributed by atoms with Gasteiger partial charge in [0.15, 0.2) is 11.5 Å². The van der Waals surface area contributed by atoms with Crippen molar-refractivity contribution in [3.8, 4) is 28.5 Å². The molecule has 0 bridgehead atoms. The standard InChI is InChI=1S/C27H25N3O4/c1-18(31)28-27-23(14-19-11-12-24-25(15-19)34-17-33-24)26(21-8-4-3-5-9-21)29-30(27)16-20-7-6-10-22(13-20)32-2/h3-13,15H,14,16-17H2,1-2H3,(H,28,31). The Kier molecular flexibility index (Phi) is 5.91. The van der Waals surface area contributed by atoms with Crippen LogP contribution in [-0.4, -0.2) is 29.6 Å². The molecule has 5 rings (SSSR count). The second kappa shape index (κ2) is 9.31. The maximum Gasteiger partial charge on any atom is 0.231 e. The number of fused-ring (bicyclic) bond motifs is 1. The second-order valence-electron chi connectivity index (χ2n) is 8.10. The Balaban J connectivity index is 1.61. The number of ether oxygens (including phenoxy) is 3. The van der Waals surface area contributed by atoms with Crippen LogP contribution < -0.4 is 19.5 Å². The van der Waals surface area contributed by atoms with Crippen LogP contribution in [0.2, 0.25) is 0 Å². The van der Waals surface area contributed by atoms with Crippen molar-refractivity contribution in [2.75, 3.05) is 19.2 Å². The number of aromatic nitrogens is 2. The van der Waals surface area contributed by atoms with Gasteiger partial charge in [0.2, 0.25) is 12.7 Å². The number of hydrogen-bond donors (Lipinski definition) is 1. The summed E-state index contributed by atoms with van der Waals surface area (Å²) in [6.45, 7) is 2.22. The van der Waals surface area contributed by atoms with Gasteiger partial charge in [-0.2, -0.15) is 5.10 Å². The summed E-state index contributed by atoms with van der Waals surface area (Å²) in [6.07, 6.45) is 0.564. The van der Waals surface area contributed by atoms with E-state index in [0.29, 0.717) is 18.8 Å². The molecular formula is C27H25N3O4. The van der Waals surface area contributed by atoms with Gasteiger partial charge in [-0.3, -0.25) is 4.79 Å². The number of rotatable bonds is 7. The molecule has 7 heteroatoms. The van der Waals surface area contributed by atoms with Crippen molar-refractivity contribution >= 4 is 11.7 Å². The fraction of sp³-hybridized carbons (Fsp3) is 0.185. The number of methoxy groups -OCH3 is 1. The quantitative estimate of drug-likeness (QED) is 0.430. The van der Waals surface area contributed by atoms with Crippen LogP contribution in [0, 0.1) is 0 Å². The van der Waals surface area contributed by atoms with E-state index in [1.807, 2.05) is 77.5 Å². The number of nitrogens with zero attached hydrogens (tertiary/aromatic N) is 2. The molecule has 0 atom stereocenters. The minimum atomic E-state index is -0.154. The Morgan fingerprint density at radius 3 is 2.62 bits per heavy atom. The summed E-state index contributed by atoms with van der Waals surface area (Å²) in [4.78, 5) is 12.2. The van der Waals surface area contributed by atoms with E-state index in [2.05, 4.69) is 5.32 Å². The van der Waals surface area contributed by atoms with Gasteiger partial charge in [0.05, 0.1) is 19.3 Å². The Hall–Kier alpha value is -4.26. The molecular weight excluding hydrogens is 430 g/mol. The maximum absolute atomic E-state index is 12.2. The smallest absolute Gasteiger partial charge is 0.231 e. The third-order valence-corrected chi connectivity index (χ3v) is 5.68. The van der Waals surface area contributed by atoms with Crippen molar-refractivity contribution in [3.63, 3.8) is 0 Å². The van der Waals surface area contributed by atoms with Crippen molar-refractivity contribution in [1.29, 1.82) is 0 Å². The number of carbonyl (C=O) groups is 1. The number of anilines is 1. The van der Waals surface area contributed by atoms with Crippen LogP contribution in [0.5, 0.6) is 17.2 Å². The highest BCUT2D eigenvalue weighted by Crippen LogP contribution is 2.36. The third-order valence-electron chi connectivity index (χ3n) is 5.68. The van der Waals surface area contributed by atoms with Crippen LogP contribution in [0.3, 0.4) is 0 Å². The number of amides is 1. The van der Waals surface area contributed by atoms with Crippen molar-refractivity contribution in [2.24, 2.45) is 0 Å². The minimum Gasteiger partial charge on any atom is -0.497 e. The first kappa shape index (κ1) is 21.6. The first-order valence-electron chi connectivity index (χ1n) is 11.0. The lowest BCUT2D eigenvalue weighted by Gasteiger charge is -2.11. The highest BCUT2D eigenvalue weighted by molar-refractivity contribution is 5.90. The zero-order chi connectivity index (χ0) is 23.5. The van der Waals surface area contributed by atoms with Crippen molar-refractivity contribution in [3.05, 3.63) is 89.5 Å². The lowest BCUT2D eigenvalue weighted by atomic mass is 10.00. The molecule has 0 aliphatic carbocycles. The van der Waals surface area contributed by atoms with E-state index in [1.54, 1.807) is 7.11 Å². The van der Waals surface area contributed by atoms with E-state index in [0.717, 1.165) is 45.2 Å². The molecule has 1 aliphatic heterocycles. The fourth-order valence-electron chi connectivity index (χ4n) is 4.11. The fourth-order valence-corrected chi connectivity index (χ4v) is 4.11. The average Bonchev–Trinajstić information content (AvgIpc) is 3.44. The Bertz CT molecular complexity index is 1330. The first-order valence-corrected chi connectivity index (χ1v) is 11.0. The van der Waals surface area contributed by atoms with E-state index < -0.39 is 0 Å². The van der Waals surface area contributed by atoms with Gasteiger partial charge in [0, 0.05) is 24.5 Å². The molecule has 0 spiro atoms. The molecule has 4 aromatic rings. The highest BCUT2D eigenvalue weighted by Gasteiger charge is 2.22. The molecule has 34 heavy (non-hydrogen) atoms. The van der Waals surface area contributed by atoms with Crippen LogP contribution in [0.25, 0.3) is 11.3 Å². The number of carbonyl (C=O) groups excluding carboxylic acids is 1. The maximum atomic E-state index is 12.2. The lowest BCUT2D eigenvalue weighted by Crippen LogP contribution is -2.14. The summed E-state index contributed by atoms with van der Waals surface area (Å²) < 4.78 is 18.3. The van der Waals surface area contributed by atoms with Crippen LogP contribution in [-0.2, 0) is 17.8 Å². The Morgan fingerprint density at radius 1 is 1.00 bits per heavy atom. The van der Waals surface area contributed by atoms with Gasteiger partial charge < -0.3 is 19.5 Å². The lowest BCUT2D eigenvalue weighted by molar-refractivity contribution is -0.114. The van der Waals surface area contributed by atoms with Gasteiger partial charge in [0.25, 0.3) is 0 Å². The normalized spacial score (nSPS) is 11.9. The van der Waals surface area contributed by atoms with Crippen molar-refractivity contribution < 1.29 is 19.0 Å². The molecule has 1 N–H and O–H groups in total. The van der Waals surface area contributed by atoms with Crippen LogP contribution in [0.15, 0.2) is 72.8 Å². The van der Waals surface area contributed by atoms with E-state index in [-0.39, 0.29) is 12.7 Å². The number of benzene rings is 3. The summed E-state index contributed by atoms with van der Waals surface area (Å²) in [5.74, 6) is 2.76. The summed E-state index contributed by atoms with van der Waals surface area (Å²) in [6, 6.07) is 23.7. The summed E-state index contributed by atoms with van der Waals surface area (Å²) in [7, 11) is 1.65. The number of hydrogen-bond acceptors (Lipinski definition) is 5. The largest absolute Gasteiger partial charge is 0.497 e. The van der Waals surface area contributed by atoms with Gasteiger partial charge in [0.1, 0.15) is 11.6 Å². The molecule has 1 aliphatic rings. The minimum absolute atomic E-state index is 0.154. The van der Waals surface area contributed by atoms with E-state index in [4.69, 9.17) is 19.3 Å². The number of nitrogens with one attached hydrogen (secondary N) is 1. The molecule has 0 saturated heterocycles. The van der Waals surface area contributed by atoms with Crippen molar-refractivity contribution in [1.82, 2.24) is 9.78 Å². The van der Waals surface area contributed by atoms with Crippen molar-refractivity contribution in [2.45, 2.75) is 19.9 Å². The van der Waals surface area contributed by atoms with Crippen LogP contribution in [0.1, 0.15) is 23.6 Å². The van der Waals surface area contributed by atoms with Gasteiger partial charge in [-0.05, 0) is 35.4 Å². The molecule has 0 unspecified atom stereocenters. The van der Waals surface area contributed by atoms with E-state index in [1.165, 1.54) is 6.92 Å². The van der Waals surface area contributed by atoms with Gasteiger partial charge in [-0.15, -0.1) is 0 Å². The molecule has 172 valence electrons. The predicted octanol–water partition coefficient (Wildman–Crippen LogP) is 4.88. The van der Waals surface area contributed by atoms with Crippen LogP contribution >= 0.6 is 0 Å². The summed E-state index contributed by atoms with van der Waals surface area (Å²) in [5, 5.41) is 7.99. The van der Waals surface area contributed by atoms with Gasteiger partial charge in [-0.1, -0.05) is 48.5 Å². The average molecular weight is 456 g/mol. The van der Waals surface area contributed by atoms with Crippen LogP contribution in [0.4, 0.5) is 5.82 Å². The molecule has 0 radical (unpaired) electrons.